The van der Waals surface area contributed by atoms with E-state index in [4.69, 9.17) is 4.74 Å². The lowest BCUT2D eigenvalue weighted by Gasteiger charge is -2.32. The van der Waals surface area contributed by atoms with Gasteiger partial charge in [0.05, 0.1) is 12.0 Å². The largest absolute Gasteiger partial charge is 0.497 e. The average molecular weight is 439 g/mol. The third kappa shape index (κ3) is 4.86. The van der Waals surface area contributed by atoms with Gasteiger partial charge < -0.3 is 9.64 Å². The van der Waals surface area contributed by atoms with E-state index in [1.165, 1.54) is 18.5 Å². The number of nitrogens with one attached hydrogen (secondary N) is 1. The monoisotopic (exact) mass is 438 g/mol. The molecule has 1 aliphatic heterocycles. The lowest BCUT2D eigenvalue weighted by Crippen LogP contribution is -2.32. The van der Waals surface area contributed by atoms with Crippen LogP contribution in [0.25, 0.3) is 10.8 Å². The molecule has 1 saturated heterocycles. The zero-order chi connectivity index (χ0) is 22.0. The van der Waals surface area contributed by atoms with Crippen LogP contribution in [-0.2, 0) is 10.0 Å². The summed E-state index contributed by atoms with van der Waals surface area (Å²) in [7, 11) is -2.03. The van der Waals surface area contributed by atoms with Crippen LogP contribution in [-0.4, -0.2) is 28.6 Å². The molecule has 6 heteroatoms. The van der Waals surface area contributed by atoms with E-state index in [9.17, 15) is 8.42 Å². The number of ether oxygens (including phenoxy) is 1. The first kappa shape index (κ1) is 21.7. The van der Waals surface area contributed by atoms with Crippen molar-refractivity contribution in [2.45, 2.75) is 37.6 Å². The van der Waals surface area contributed by atoms with Gasteiger partial charge in [0, 0.05) is 24.8 Å². The molecular formula is C25H30N2O3S. The van der Waals surface area contributed by atoms with Crippen molar-refractivity contribution in [1.82, 2.24) is 4.72 Å². The summed E-state index contributed by atoms with van der Waals surface area (Å²) in [6.45, 7) is 6.34. The summed E-state index contributed by atoms with van der Waals surface area (Å²) < 4.78 is 34.0. The Morgan fingerprint density at radius 3 is 2.29 bits per heavy atom. The van der Waals surface area contributed by atoms with Crippen LogP contribution in [0.1, 0.15) is 38.3 Å². The number of rotatable bonds is 6. The van der Waals surface area contributed by atoms with Crippen molar-refractivity contribution in [3.63, 3.8) is 0 Å². The number of hydrogen-bond donors (Lipinski definition) is 1. The van der Waals surface area contributed by atoms with Gasteiger partial charge in [-0.25, -0.2) is 13.1 Å². The molecule has 0 unspecified atom stereocenters. The first-order chi connectivity index (χ1) is 14.9. The smallest absolute Gasteiger partial charge is 0.241 e. The van der Waals surface area contributed by atoms with Gasteiger partial charge in [-0.2, -0.15) is 0 Å². The Morgan fingerprint density at radius 2 is 1.61 bits per heavy atom. The summed E-state index contributed by atoms with van der Waals surface area (Å²) in [6.07, 6.45) is 2.44. The van der Waals surface area contributed by atoms with Gasteiger partial charge in [-0.15, -0.1) is 0 Å². The van der Waals surface area contributed by atoms with Gasteiger partial charge in [0.15, 0.2) is 0 Å². The second-order valence-corrected chi connectivity index (χ2v) is 10.2. The van der Waals surface area contributed by atoms with Crippen molar-refractivity contribution in [3.05, 3.63) is 66.2 Å². The molecule has 1 atom stereocenters. The second kappa shape index (κ2) is 8.89. The highest BCUT2D eigenvalue weighted by Gasteiger charge is 2.20. The standard InChI is InChI=1S/C25H30N2O3S/c1-18-12-14-27(15-13-18)23-8-4-20(5-9-23)19(2)26-31(28,29)25-11-7-21-16-24(30-3)10-6-22(21)17-25/h4-11,16-19,26H,12-15H2,1-3H3/t19-/m1/s1. The number of benzene rings is 3. The predicted octanol–water partition coefficient (Wildman–Crippen LogP) is 5.12. The van der Waals surface area contributed by atoms with Crippen molar-refractivity contribution >= 4 is 26.5 Å². The fourth-order valence-corrected chi connectivity index (χ4v) is 5.37. The number of methoxy groups -OCH3 is 1. The molecule has 0 spiro atoms. The van der Waals surface area contributed by atoms with Crippen LogP contribution in [0.4, 0.5) is 5.69 Å². The van der Waals surface area contributed by atoms with Crippen molar-refractivity contribution < 1.29 is 13.2 Å². The van der Waals surface area contributed by atoms with Gasteiger partial charge in [0.2, 0.25) is 10.0 Å². The molecule has 1 heterocycles. The fraction of sp³-hybridized carbons (Fsp3) is 0.360. The average Bonchev–Trinajstić information content (AvgIpc) is 2.78. The zero-order valence-corrected chi connectivity index (χ0v) is 19.2. The Labute approximate surface area is 185 Å². The van der Waals surface area contributed by atoms with Crippen LogP contribution in [0.3, 0.4) is 0 Å². The van der Waals surface area contributed by atoms with E-state index < -0.39 is 10.0 Å². The molecule has 0 bridgehead atoms. The molecule has 3 aromatic rings. The minimum Gasteiger partial charge on any atom is -0.497 e. The Bertz CT molecular complexity index is 1150. The molecule has 0 aliphatic carbocycles. The molecule has 0 saturated carbocycles. The van der Waals surface area contributed by atoms with Crippen LogP contribution in [0, 0.1) is 5.92 Å². The fourth-order valence-electron chi connectivity index (χ4n) is 4.11. The number of nitrogens with zero attached hydrogens (tertiary/aromatic N) is 1. The van der Waals surface area contributed by atoms with Crippen molar-refractivity contribution in [3.8, 4) is 5.75 Å². The number of piperidine rings is 1. The summed E-state index contributed by atoms with van der Waals surface area (Å²) in [5.41, 5.74) is 2.15. The van der Waals surface area contributed by atoms with Crippen molar-refractivity contribution in [1.29, 1.82) is 0 Å². The van der Waals surface area contributed by atoms with Crippen LogP contribution in [0.2, 0.25) is 0 Å². The second-order valence-electron chi connectivity index (χ2n) is 8.48. The molecule has 4 rings (SSSR count). The molecule has 1 fully saturated rings. The van der Waals surface area contributed by atoms with Crippen LogP contribution < -0.4 is 14.4 Å². The molecule has 0 amide bonds. The highest BCUT2D eigenvalue weighted by atomic mass is 32.2. The molecule has 164 valence electrons. The van der Waals surface area contributed by atoms with Gasteiger partial charge in [-0.05, 0) is 78.4 Å². The maximum Gasteiger partial charge on any atom is 0.241 e. The molecule has 31 heavy (non-hydrogen) atoms. The lowest BCUT2D eigenvalue weighted by molar-refractivity contribution is 0.415. The molecule has 1 aliphatic rings. The van der Waals surface area contributed by atoms with Gasteiger partial charge in [-0.1, -0.05) is 31.2 Å². The number of fused-ring (bicyclic) bond motifs is 1. The number of sulfonamides is 1. The third-order valence-electron chi connectivity index (χ3n) is 6.20. The molecule has 3 aromatic carbocycles. The molecule has 1 N–H and O–H groups in total. The molecule has 5 nitrogen and oxygen atoms in total. The van der Waals surface area contributed by atoms with E-state index in [0.717, 1.165) is 41.1 Å². The maximum atomic E-state index is 13.0. The summed E-state index contributed by atoms with van der Waals surface area (Å²) >= 11 is 0. The predicted molar refractivity (Wildman–Crippen MR) is 126 cm³/mol. The van der Waals surface area contributed by atoms with Crippen LogP contribution >= 0.6 is 0 Å². The minimum absolute atomic E-state index is 0.260. The summed E-state index contributed by atoms with van der Waals surface area (Å²) in [4.78, 5) is 2.67. The lowest BCUT2D eigenvalue weighted by atomic mass is 9.98. The normalized spacial score (nSPS) is 16.4. The summed E-state index contributed by atoms with van der Waals surface area (Å²) in [6, 6.07) is 18.7. The van der Waals surface area contributed by atoms with Gasteiger partial charge in [0.1, 0.15) is 5.75 Å². The Morgan fingerprint density at radius 1 is 0.968 bits per heavy atom. The maximum absolute atomic E-state index is 13.0. The minimum atomic E-state index is -3.64. The number of hydrogen-bond acceptors (Lipinski definition) is 4. The van der Waals surface area contributed by atoms with Gasteiger partial charge in [-0.3, -0.25) is 0 Å². The third-order valence-corrected chi connectivity index (χ3v) is 7.74. The van der Waals surface area contributed by atoms with Crippen LogP contribution in [0.15, 0.2) is 65.6 Å². The Balaban J connectivity index is 1.48. The van der Waals surface area contributed by atoms with Gasteiger partial charge in [0.25, 0.3) is 0 Å². The Kier molecular flexibility index (Phi) is 6.21. The van der Waals surface area contributed by atoms with E-state index in [1.54, 1.807) is 19.2 Å². The van der Waals surface area contributed by atoms with E-state index in [2.05, 4.69) is 28.7 Å². The van der Waals surface area contributed by atoms with Crippen molar-refractivity contribution in [2.24, 2.45) is 5.92 Å². The first-order valence-corrected chi connectivity index (χ1v) is 12.3. The molecule has 0 radical (unpaired) electrons. The number of anilines is 1. The van der Waals surface area contributed by atoms with Crippen molar-refractivity contribution in [2.75, 3.05) is 25.1 Å². The summed E-state index contributed by atoms with van der Waals surface area (Å²) in [5, 5.41) is 1.80. The van der Waals surface area contributed by atoms with E-state index in [0.29, 0.717) is 0 Å². The quantitative estimate of drug-likeness (QED) is 0.580. The van der Waals surface area contributed by atoms with E-state index in [1.807, 2.05) is 43.3 Å². The van der Waals surface area contributed by atoms with Gasteiger partial charge >= 0.3 is 0 Å². The van der Waals surface area contributed by atoms with Crippen LogP contribution in [0.5, 0.6) is 5.75 Å². The molecule has 0 aromatic heterocycles. The summed E-state index contributed by atoms with van der Waals surface area (Å²) in [5.74, 6) is 1.54. The highest BCUT2D eigenvalue weighted by Crippen LogP contribution is 2.27. The first-order valence-electron chi connectivity index (χ1n) is 10.8. The molecular weight excluding hydrogens is 408 g/mol. The SMILES string of the molecule is COc1ccc2cc(S(=O)(=O)N[C@H](C)c3ccc(N4CCC(C)CC4)cc3)ccc2c1. The zero-order valence-electron chi connectivity index (χ0n) is 18.3. The topological polar surface area (TPSA) is 58.6 Å². The highest BCUT2D eigenvalue weighted by molar-refractivity contribution is 7.89. The van der Waals surface area contributed by atoms with E-state index in [-0.39, 0.29) is 10.9 Å². The Hall–Kier alpha value is -2.57. The van der Waals surface area contributed by atoms with E-state index >= 15 is 0 Å².